The van der Waals surface area contributed by atoms with Crippen molar-refractivity contribution in [2.75, 3.05) is 26.2 Å². The van der Waals surface area contributed by atoms with Crippen LogP contribution in [0.5, 0.6) is 5.75 Å². The van der Waals surface area contributed by atoms with Gasteiger partial charge in [0.1, 0.15) is 29.9 Å². The second-order valence-electron chi connectivity index (χ2n) is 26.4. The van der Waals surface area contributed by atoms with Crippen molar-refractivity contribution in [2.24, 2.45) is 11.7 Å². The van der Waals surface area contributed by atoms with Gasteiger partial charge in [-0.1, -0.05) is 106 Å². The first-order valence-electron chi connectivity index (χ1n) is 33.9. The number of H-pyrrole nitrogens is 1. The average molecular weight is 1360 g/mol. The number of allylic oxidation sites excluding steroid dienone is 2. The lowest BCUT2D eigenvalue weighted by molar-refractivity contribution is -0.138. The highest BCUT2D eigenvalue weighted by molar-refractivity contribution is 6.38. The molecule has 98 heavy (non-hydrogen) atoms. The van der Waals surface area contributed by atoms with Crippen LogP contribution in [0, 0.1) is 5.92 Å². The number of Topliss-reactive ketones (excluding diaryl/α,β-unsaturated/α-hetero) is 6. The topological polar surface area (TPSA) is 407 Å². The molecule has 0 fully saturated rings. The molecule has 0 saturated carbocycles. The summed E-state index contributed by atoms with van der Waals surface area (Å²) in [5.41, 5.74) is 11.5. The van der Waals surface area contributed by atoms with Crippen molar-refractivity contribution < 1.29 is 67.7 Å². The molecule has 26 nitrogen and oxygen atoms in total. The second-order valence-corrected chi connectivity index (χ2v) is 26.4. The number of para-hydroxylation sites is 1. The summed E-state index contributed by atoms with van der Waals surface area (Å²) < 4.78 is 0. The van der Waals surface area contributed by atoms with Crippen LogP contribution < -0.4 is 59.1 Å². The molecule has 26 heteroatoms. The van der Waals surface area contributed by atoms with E-state index in [2.05, 4.69) is 58.4 Å². The molecule has 0 unspecified atom stereocenters. The highest BCUT2D eigenvalue weighted by Gasteiger charge is 2.39. The summed E-state index contributed by atoms with van der Waals surface area (Å²) >= 11 is 0. The van der Waals surface area contributed by atoms with E-state index in [-0.39, 0.29) is 81.4 Å². The number of carboxylic acids is 1. The fraction of sp³-hybridized carbons (Fsp3) is 0.528. The Hall–Kier alpha value is -8.66. The number of nitrogens with two attached hydrogens (primary N) is 1. The Morgan fingerprint density at radius 1 is 0.663 bits per heavy atom. The van der Waals surface area contributed by atoms with Crippen LogP contribution >= 0.6 is 0 Å². The van der Waals surface area contributed by atoms with E-state index in [0.29, 0.717) is 54.1 Å². The van der Waals surface area contributed by atoms with Crippen molar-refractivity contribution in [3.05, 3.63) is 114 Å². The molecule has 1 aliphatic heterocycles. The van der Waals surface area contributed by atoms with Gasteiger partial charge in [-0.25, -0.2) is 10.9 Å². The number of phenolic OH excluding ortho intramolecular Hbond substituents is 1. The summed E-state index contributed by atoms with van der Waals surface area (Å²) in [6, 6.07) is 12.5. The van der Waals surface area contributed by atoms with E-state index in [1.807, 2.05) is 62.4 Å². The van der Waals surface area contributed by atoms with Crippen molar-refractivity contribution in [3.63, 3.8) is 0 Å². The number of aromatic amines is 1. The number of benzene rings is 3. The highest BCUT2D eigenvalue weighted by atomic mass is 16.4. The zero-order valence-electron chi connectivity index (χ0n) is 57.7. The van der Waals surface area contributed by atoms with Crippen molar-refractivity contribution >= 4 is 81.1 Å². The first-order valence-corrected chi connectivity index (χ1v) is 33.9. The Bertz CT molecular complexity index is 3410. The summed E-state index contributed by atoms with van der Waals surface area (Å²) in [7, 11) is 0. The van der Waals surface area contributed by atoms with Gasteiger partial charge in [-0.3, -0.25) is 62.9 Å². The first kappa shape index (κ1) is 80.0. The maximum Gasteiger partial charge on any atom is 0.303 e. The van der Waals surface area contributed by atoms with Gasteiger partial charge in [0.15, 0.2) is 28.9 Å². The van der Waals surface area contributed by atoms with Crippen LogP contribution in [-0.4, -0.2) is 171 Å². The molecule has 534 valence electrons. The van der Waals surface area contributed by atoms with Crippen molar-refractivity contribution in [2.45, 2.75) is 211 Å². The maximum absolute atomic E-state index is 14.9. The molecule has 0 radical (unpaired) electrons. The summed E-state index contributed by atoms with van der Waals surface area (Å²) in [6.45, 7) is 11.3. The van der Waals surface area contributed by atoms with E-state index in [1.54, 1.807) is 64.2 Å². The molecule has 10 atom stereocenters. The van der Waals surface area contributed by atoms with Crippen LogP contribution in [0.25, 0.3) is 10.9 Å². The van der Waals surface area contributed by atoms with Crippen LogP contribution in [-0.2, 0) is 76.8 Å². The van der Waals surface area contributed by atoms with E-state index >= 15 is 0 Å². The molecule has 1 aliphatic rings. The van der Waals surface area contributed by atoms with Gasteiger partial charge in [0.05, 0.1) is 61.4 Å². The van der Waals surface area contributed by atoms with Gasteiger partial charge in [0, 0.05) is 36.9 Å². The molecule has 0 aliphatic carbocycles. The zero-order chi connectivity index (χ0) is 72.1. The number of hydrogen-bond acceptors (Lipinski definition) is 19. The van der Waals surface area contributed by atoms with Crippen LogP contribution in [0.3, 0.4) is 0 Å². The zero-order valence-corrected chi connectivity index (χ0v) is 57.7. The number of aromatic nitrogens is 1. The van der Waals surface area contributed by atoms with Crippen LogP contribution in [0.4, 0.5) is 0 Å². The number of fused-ring (bicyclic) bond motifs is 1. The minimum absolute atomic E-state index is 0.0536. The third-order valence-electron chi connectivity index (χ3n) is 17.7. The van der Waals surface area contributed by atoms with E-state index in [9.17, 15) is 67.7 Å². The number of rotatable bonds is 22. The number of carbonyl (C=O) groups excluding carboxylic acids is 11. The number of aliphatic carboxylic acids is 1. The number of hydrazine groups is 1. The van der Waals surface area contributed by atoms with Crippen molar-refractivity contribution in [3.8, 4) is 5.75 Å². The standard InChI is InChI=1S/C72H102N12O14/c1-44(2)35-58-70(98)82-71(7,62(89)42-74-45(3)60(87)39-73)33-21-14-12-10-9-11-13-15-22-34-72(8,84-83-56(65(93)48(6)85)36-49-23-17-16-18-24-49)63(90)43-75-46(4)61(88)41-77-57(37-50-27-29-52(86)30-28-50)68(96)81-59(38-51-40-76-54-26-20-19-25-53(51)54)69(97)79-55(31-32-64(91)92)67(95)78-47(5)66(94)80-58/h10,12,16-20,23-30,40,44-47,55-59,74-77,83-84,86H,9,11,13-15,21-22,31-39,41-43,73H2,1-8H3,(H,78,95)(H,79,97)(H,80,94)(H,81,96)(H,82,98)(H,91,92)/t45-,46-,47-,55-,56-,57-,58-,59-,71-,72+/m0/s1. The number of phenols is 1. The molecule has 0 bridgehead atoms. The largest absolute Gasteiger partial charge is 0.508 e. The number of nitrogens with one attached hydrogen (secondary N) is 11. The maximum atomic E-state index is 14.9. The van der Waals surface area contributed by atoms with E-state index in [4.69, 9.17) is 5.73 Å². The van der Waals surface area contributed by atoms with Gasteiger partial charge in [0.2, 0.25) is 35.3 Å². The van der Waals surface area contributed by atoms with Gasteiger partial charge in [-0.15, -0.1) is 0 Å². The van der Waals surface area contributed by atoms with Crippen LogP contribution in [0.2, 0.25) is 0 Å². The number of carbonyl (C=O) groups is 12. The third kappa shape index (κ3) is 26.0. The summed E-state index contributed by atoms with van der Waals surface area (Å²) in [4.78, 5) is 169. The quantitative estimate of drug-likeness (QED) is 0.0305. The Morgan fingerprint density at radius 3 is 1.97 bits per heavy atom. The Labute approximate surface area is 573 Å². The molecular formula is C72H102N12O14. The normalized spacial score (nSPS) is 24.0. The fourth-order valence-corrected chi connectivity index (χ4v) is 11.3. The van der Waals surface area contributed by atoms with Crippen molar-refractivity contribution in [1.29, 1.82) is 0 Å². The molecule has 5 rings (SSSR count). The number of aromatic hydroxyl groups is 1. The van der Waals surface area contributed by atoms with E-state index in [0.717, 1.165) is 18.4 Å². The van der Waals surface area contributed by atoms with Crippen LogP contribution in [0.15, 0.2) is 97.2 Å². The number of carboxylic acid groups (broad SMARTS) is 1. The Balaban J connectivity index is 1.51. The minimum atomic E-state index is -1.61. The SMILES string of the molecule is CC(=O)C(=O)[C@H](Cc1ccccc1)NN[C@]1(C)CCCCCCC=CCCC[C@@](C)(C(=O)CN[C@@H](C)C(=O)CN)NC(=O)[C@H](CC(C)C)NC(=O)[C@H](C)NC(=O)[C@H](CCC(=O)O)NC(=O)[C@H](Cc2c[nH]c3ccccc23)NC(=O)[C@H](Cc2ccc(O)cc2)NCC(=O)[C@H](C)NCC1=O. The Kier molecular flexibility index (Phi) is 32.4. The summed E-state index contributed by atoms with van der Waals surface area (Å²) in [6.07, 6.45) is 9.50. The molecular weight excluding hydrogens is 1260 g/mol. The van der Waals surface area contributed by atoms with Gasteiger partial charge < -0.3 is 58.1 Å². The predicted molar refractivity (Wildman–Crippen MR) is 371 cm³/mol. The van der Waals surface area contributed by atoms with Gasteiger partial charge in [0.25, 0.3) is 0 Å². The van der Waals surface area contributed by atoms with Gasteiger partial charge >= 0.3 is 5.97 Å². The Morgan fingerprint density at radius 2 is 1.30 bits per heavy atom. The van der Waals surface area contributed by atoms with Gasteiger partial charge in [-0.2, -0.15) is 0 Å². The van der Waals surface area contributed by atoms with E-state index in [1.165, 1.54) is 26.0 Å². The molecule has 3 aromatic carbocycles. The third-order valence-corrected chi connectivity index (χ3v) is 17.7. The number of amides is 5. The molecule has 5 amide bonds. The summed E-state index contributed by atoms with van der Waals surface area (Å²) in [5, 5.41) is 43.3. The smallest absolute Gasteiger partial charge is 0.303 e. The first-order chi connectivity index (χ1) is 46.5. The predicted octanol–water partition coefficient (Wildman–Crippen LogP) is 3.26. The lowest BCUT2D eigenvalue weighted by atomic mass is 9.88. The molecule has 0 saturated heterocycles. The number of hydrogen-bond donors (Lipinski definition) is 14. The highest BCUT2D eigenvalue weighted by Crippen LogP contribution is 2.23. The lowest BCUT2D eigenvalue weighted by Gasteiger charge is -2.33. The fourth-order valence-electron chi connectivity index (χ4n) is 11.3. The molecule has 0 spiro atoms. The molecule has 15 N–H and O–H groups in total. The van der Waals surface area contributed by atoms with Crippen molar-refractivity contribution in [1.82, 2.24) is 58.4 Å². The second kappa shape index (κ2) is 39.7. The molecule has 1 aromatic heterocycles. The minimum Gasteiger partial charge on any atom is -0.508 e. The number of ketones is 6. The van der Waals surface area contributed by atoms with Crippen LogP contribution in [0.1, 0.15) is 149 Å². The summed E-state index contributed by atoms with van der Waals surface area (Å²) in [5.74, 6) is -8.70. The monoisotopic (exact) mass is 1360 g/mol. The average Bonchev–Trinajstić information content (AvgIpc) is 1.65. The lowest BCUT2D eigenvalue weighted by Crippen LogP contribution is -2.62. The van der Waals surface area contributed by atoms with E-state index < -0.39 is 137 Å². The van der Waals surface area contributed by atoms with Gasteiger partial charge in [-0.05, 0) is 140 Å². The molecule has 4 aromatic rings. The molecule has 2 heterocycles.